The topological polar surface area (TPSA) is 97.9 Å². The minimum atomic E-state index is -0.855. The second-order valence-electron chi connectivity index (χ2n) is 7.69. The van der Waals surface area contributed by atoms with Gasteiger partial charge in [0.2, 0.25) is 0 Å². The Balaban J connectivity index is 1.25. The molecule has 2 saturated heterocycles. The predicted octanol–water partition coefficient (Wildman–Crippen LogP) is 2.74. The molecule has 1 spiro atoms. The number of carboxylic acid groups (broad SMARTS) is 1. The lowest BCUT2D eigenvalue weighted by Gasteiger charge is -2.43. The quantitative estimate of drug-likeness (QED) is 0.829. The lowest BCUT2D eigenvalue weighted by Crippen LogP contribution is -2.45. The fourth-order valence-electron chi connectivity index (χ4n) is 4.41. The zero-order valence-corrected chi connectivity index (χ0v) is 16.4. The Morgan fingerprint density at radius 1 is 1.36 bits per heavy atom. The second kappa shape index (κ2) is 7.22. The zero-order valence-electron chi connectivity index (χ0n) is 15.6. The molecule has 9 heteroatoms. The highest BCUT2D eigenvalue weighted by molar-refractivity contribution is 7.14. The first-order valence-electron chi connectivity index (χ1n) is 9.80. The first kappa shape index (κ1) is 18.2. The number of aromatic nitrogens is 2. The fourth-order valence-corrected chi connectivity index (χ4v) is 5.66. The van der Waals surface area contributed by atoms with Gasteiger partial charge in [-0.1, -0.05) is 5.16 Å². The molecule has 0 radical (unpaired) electrons. The Labute approximate surface area is 166 Å². The van der Waals surface area contributed by atoms with Gasteiger partial charge in [0, 0.05) is 24.6 Å². The van der Waals surface area contributed by atoms with Crippen molar-refractivity contribution in [1.29, 1.82) is 0 Å². The standard InChI is InChI=1S/C19H23N3O5S/c23-18(24)14-10-12-3-9-26-19(16(12)28-14)4-6-22(7-5-19)11-15-20-17(27-21-15)13-2-1-8-25-13/h10,13H,1-9,11H2,(H,23,24). The number of carboxylic acids is 1. The van der Waals surface area contributed by atoms with Crippen LogP contribution >= 0.6 is 11.3 Å². The van der Waals surface area contributed by atoms with Gasteiger partial charge in [-0.15, -0.1) is 11.3 Å². The lowest BCUT2D eigenvalue weighted by molar-refractivity contribution is -0.0963. The summed E-state index contributed by atoms with van der Waals surface area (Å²) in [6.07, 6.45) is 4.39. The van der Waals surface area contributed by atoms with Gasteiger partial charge in [0.15, 0.2) is 5.82 Å². The van der Waals surface area contributed by atoms with Crippen LogP contribution in [0.5, 0.6) is 0 Å². The smallest absolute Gasteiger partial charge is 0.345 e. The van der Waals surface area contributed by atoms with Crippen molar-refractivity contribution in [3.63, 3.8) is 0 Å². The van der Waals surface area contributed by atoms with E-state index in [-0.39, 0.29) is 11.7 Å². The Morgan fingerprint density at radius 2 is 2.21 bits per heavy atom. The van der Waals surface area contributed by atoms with Crippen LogP contribution in [0.1, 0.15) is 63.6 Å². The number of likely N-dealkylation sites (tertiary alicyclic amines) is 1. The number of rotatable bonds is 4. The summed E-state index contributed by atoms with van der Waals surface area (Å²) in [7, 11) is 0. The molecular weight excluding hydrogens is 382 g/mol. The highest BCUT2D eigenvalue weighted by atomic mass is 32.1. The molecule has 0 aromatic carbocycles. The van der Waals surface area contributed by atoms with Crippen LogP contribution in [0, 0.1) is 0 Å². The number of ether oxygens (including phenoxy) is 2. The average molecular weight is 405 g/mol. The third kappa shape index (κ3) is 3.26. The van der Waals surface area contributed by atoms with Gasteiger partial charge in [0.05, 0.1) is 13.2 Å². The number of nitrogens with zero attached hydrogens (tertiary/aromatic N) is 3. The van der Waals surface area contributed by atoms with Crippen molar-refractivity contribution in [1.82, 2.24) is 15.0 Å². The maximum atomic E-state index is 11.4. The van der Waals surface area contributed by atoms with Crippen molar-refractivity contribution in [3.8, 4) is 0 Å². The minimum Gasteiger partial charge on any atom is -0.477 e. The lowest BCUT2D eigenvalue weighted by atomic mass is 9.85. The summed E-state index contributed by atoms with van der Waals surface area (Å²) in [5.74, 6) is 0.420. The summed E-state index contributed by atoms with van der Waals surface area (Å²) in [6.45, 7) is 3.75. The van der Waals surface area contributed by atoms with E-state index in [0.717, 1.165) is 62.2 Å². The van der Waals surface area contributed by atoms with E-state index in [1.165, 1.54) is 11.3 Å². The molecule has 3 aliphatic heterocycles. The molecule has 1 unspecified atom stereocenters. The van der Waals surface area contributed by atoms with Crippen LogP contribution in [0.15, 0.2) is 10.6 Å². The van der Waals surface area contributed by atoms with Crippen molar-refractivity contribution < 1.29 is 23.9 Å². The Hall–Kier alpha value is -1.81. The predicted molar refractivity (Wildman–Crippen MR) is 99.3 cm³/mol. The van der Waals surface area contributed by atoms with Gasteiger partial charge in [0.1, 0.15) is 16.6 Å². The third-order valence-corrected chi connectivity index (χ3v) is 7.25. The second-order valence-corrected chi connectivity index (χ2v) is 8.74. The van der Waals surface area contributed by atoms with E-state index in [9.17, 15) is 9.90 Å². The summed E-state index contributed by atoms with van der Waals surface area (Å²) in [5.41, 5.74) is 0.796. The molecule has 0 aliphatic carbocycles. The minimum absolute atomic E-state index is 0.0535. The first-order valence-corrected chi connectivity index (χ1v) is 10.6. The maximum absolute atomic E-state index is 11.4. The van der Waals surface area contributed by atoms with E-state index in [2.05, 4.69) is 15.0 Å². The molecular formula is C19H23N3O5S. The summed E-state index contributed by atoms with van der Waals surface area (Å²) in [5, 5.41) is 13.5. The number of hydrogen-bond donors (Lipinski definition) is 1. The van der Waals surface area contributed by atoms with Crippen LogP contribution in [0.3, 0.4) is 0 Å². The molecule has 2 fully saturated rings. The molecule has 8 nitrogen and oxygen atoms in total. The van der Waals surface area contributed by atoms with Gasteiger partial charge in [0.25, 0.3) is 5.89 Å². The van der Waals surface area contributed by atoms with Gasteiger partial charge >= 0.3 is 5.97 Å². The molecule has 28 heavy (non-hydrogen) atoms. The highest BCUT2D eigenvalue weighted by Gasteiger charge is 2.43. The normalized spacial score (nSPS) is 24.5. The fraction of sp³-hybridized carbons (Fsp3) is 0.632. The maximum Gasteiger partial charge on any atom is 0.345 e. The van der Waals surface area contributed by atoms with Crippen LogP contribution in [-0.4, -0.2) is 52.4 Å². The van der Waals surface area contributed by atoms with Crippen molar-refractivity contribution in [2.75, 3.05) is 26.3 Å². The van der Waals surface area contributed by atoms with E-state index < -0.39 is 5.97 Å². The number of hydrogen-bond acceptors (Lipinski definition) is 8. The van der Waals surface area contributed by atoms with E-state index >= 15 is 0 Å². The Bertz CT molecular complexity index is 865. The van der Waals surface area contributed by atoms with E-state index in [0.29, 0.717) is 29.7 Å². The molecule has 5 rings (SSSR count). The number of piperidine rings is 1. The number of fused-ring (bicyclic) bond motifs is 2. The van der Waals surface area contributed by atoms with Crippen LogP contribution < -0.4 is 0 Å². The molecule has 5 heterocycles. The SMILES string of the molecule is O=C(O)c1cc2c(s1)C1(CCN(Cc3noc(C4CCCO4)n3)CC1)OCC2. The van der Waals surface area contributed by atoms with Crippen molar-refractivity contribution in [3.05, 3.63) is 33.1 Å². The van der Waals surface area contributed by atoms with E-state index in [4.69, 9.17) is 14.0 Å². The van der Waals surface area contributed by atoms with Crippen molar-refractivity contribution in [2.45, 2.75) is 50.4 Å². The van der Waals surface area contributed by atoms with E-state index in [1.807, 2.05) is 6.07 Å². The number of carbonyl (C=O) groups is 1. The van der Waals surface area contributed by atoms with Crippen molar-refractivity contribution in [2.24, 2.45) is 0 Å². The molecule has 1 N–H and O–H groups in total. The third-order valence-electron chi connectivity index (χ3n) is 5.90. The van der Waals surface area contributed by atoms with Crippen LogP contribution in [0.4, 0.5) is 0 Å². The monoisotopic (exact) mass is 405 g/mol. The average Bonchev–Trinajstić information content (AvgIpc) is 3.44. The number of thiophene rings is 1. The highest BCUT2D eigenvalue weighted by Crippen LogP contribution is 2.45. The van der Waals surface area contributed by atoms with Gasteiger partial charge in [-0.3, -0.25) is 4.90 Å². The largest absolute Gasteiger partial charge is 0.477 e. The van der Waals surface area contributed by atoms with Gasteiger partial charge in [-0.2, -0.15) is 4.98 Å². The van der Waals surface area contributed by atoms with Crippen LogP contribution in [0.2, 0.25) is 0 Å². The summed E-state index contributed by atoms with van der Waals surface area (Å²) in [6, 6.07) is 1.82. The Morgan fingerprint density at radius 3 is 2.96 bits per heavy atom. The Kier molecular flexibility index (Phi) is 4.70. The molecule has 3 aliphatic rings. The summed E-state index contributed by atoms with van der Waals surface area (Å²) in [4.78, 5) is 19.7. The van der Waals surface area contributed by atoms with Gasteiger partial charge in [-0.25, -0.2) is 4.79 Å². The van der Waals surface area contributed by atoms with Crippen molar-refractivity contribution >= 4 is 17.3 Å². The van der Waals surface area contributed by atoms with E-state index in [1.54, 1.807) is 0 Å². The first-order chi connectivity index (χ1) is 13.6. The molecule has 150 valence electrons. The summed E-state index contributed by atoms with van der Waals surface area (Å²) < 4.78 is 17.2. The number of aromatic carboxylic acids is 1. The summed E-state index contributed by atoms with van der Waals surface area (Å²) >= 11 is 1.37. The van der Waals surface area contributed by atoms with Crippen LogP contribution in [-0.2, 0) is 28.0 Å². The molecule has 0 bridgehead atoms. The molecule has 1 atom stereocenters. The van der Waals surface area contributed by atoms with Crippen LogP contribution in [0.25, 0.3) is 0 Å². The molecule has 0 amide bonds. The van der Waals surface area contributed by atoms with Gasteiger partial charge < -0.3 is 19.1 Å². The van der Waals surface area contributed by atoms with Gasteiger partial charge in [-0.05, 0) is 43.7 Å². The molecule has 2 aromatic rings. The zero-order chi connectivity index (χ0) is 19.1. The molecule has 0 saturated carbocycles. The molecule has 2 aromatic heterocycles.